The number of carbonyl (C=O) groups excluding carboxylic acids is 2. The number of benzene rings is 2. The molecule has 0 spiro atoms. The zero-order valence-electron chi connectivity index (χ0n) is 16.9. The number of fused-ring (bicyclic) bond motifs is 1. The third-order valence-corrected chi connectivity index (χ3v) is 5.01. The van der Waals surface area contributed by atoms with Crippen molar-refractivity contribution in [2.24, 2.45) is 4.99 Å². The molecule has 1 aromatic heterocycles. The van der Waals surface area contributed by atoms with E-state index in [-0.39, 0.29) is 23.7 Å². The molecule has 3 aromatic rings. The average Bonchev–Trinajstić information content (AvgIpc) is 3.09. The van der Waals surface area contributed by atoms with Crippen LogP contribution in [0, 0.1) is 0 Å². The fourth-order valence-electron chi connectivity index (χ4n) is 3.49. The lowest BCUT2D eigenvalue weighted by atomic mass is 10.1. The maximum Gasteiger partial charge on any atom is 0.416 e. The topological polar surface area (TPSA) is 117 Å². The average molecular weight is 462 g/mol. The number of alkyl halides is 3. The van der Waals surface area contributed by atoms with E-state index in [4.69, 9.17) is 4.74 Å². The van der Waals surface area contributed by atoms with Gasteiger partial charge in [-0.1, -0.05) is 6.07 Å². The number of carboxylic acids is 1. The van der Waals surface area contributed by atoms with Crippen molar-refractivity contribution < 1.29 is 37.4 Å². The molecule has 172 valence electrons. The van der Waals surface area contributed by atoms with Crippen molar-refractivity contribution in [1.82, 2.24) is 9.55 Å². The molecule has 0 saturated carbocycles. The molecular formula is C21H17F3N4O5. The number of halogens is 3. The lowest BCUT2D eigenvalue weighted by Crippen LogP contribution is -2.41. The summed E-state index contributed by atoms with van der Waals surface area (Å²) in [5.41, 5.74) is -0.139. The Kier molecular flexibility index (Phi) is 5.77. The number of morpholine rings is 1. The van der Waals surface area contributed by atoms with Crippen LogP contribution in [-0.2, 0) is 27.0 Å². The molecule has 1 aliphatic heterocycles. The first-order chi connectivity index (χ1) is 15.6. The molecule has 0 radical (unpaired) electrons. The van der Waals surface area contributed by atoms with Gasteiger partial charge in [0.25, 0.3) is 11.8 Å². The number of aromatic amines is 1. The Morgan fingerprint density at radius 1 is 1.18 bits per heavy atom. The Morgan fingerprint density at radius 3 is 2.67 bits per heavy atom. The summed E-state index contributed by atoms with van der Waals surface area (Å²) >= 11 is 0. The smallest absolute Gasteiger partial charge is 0.416 e. The van der Waals surface area contributed by atoms with E-state index in [9.17, 15) is 32.7 Å². The second-order valence-corrected chi connectivity index (χ2v) is 7.22. The molecule has 9 nitrogen and oxygen atoms in total. The molecule has 2 amide bonds. The predicted molar refractivity (Wildman–Crippen MR) is 108 cm³/mol. The fourth-order valence-corrected chi connectivity index (χ4v) is 3.49. The number of hydrogen-bond donors (Lipinski definition) is 2. The molecule has 2 N–H and O–H groups in total. The van der Waals surface area contributed by atoms with Gasteiger partial charge in [-0.15, -0.1) is 0 Å². The number of anilines is 1. The summed E-state index contributed by atoms with van der Waals surface area (Å²) in [5.74, 6) is -2.43. The van der Waals surface area contributed by atoms with Crippen LogP contribution < -0.4 is 10.5 Å². The van der Waals surface area contributed by atoms with Crippen molar-refractivity contribution in [3.63, 3.8) is 0 Å². The van der Waals surface area contributed by atoms with E-state index in [0.29, 0.717) is 35.9 Å². The first-order valence-electron chi connectivity index (χ1n) is 9.72. The number of rotatable bonds is 4. The van der Waals surface area contributed by atoms with E-state index in [0.717, 1.165) is 12.1 Å². The molecule has 2 aromatic carbocycles. The van der Waals surface area contributed by atoms with Crippen LogP contribution in [-0.4, -0.2) is 52.2 Å². The molecule has 0 aliphatic carbocycles. The number of nitrogens with one attached hydrogen (secondary N) is 1. The Bertz CT molecular complexity index is 1330. The molecule has 1 aliphatic rings. The van der Waals surface area contributed by atoms with Crippen molar-refractivity contribution in [3.05, 3.63) is 59.2 Å². The van der Waals surface area contributed by atoms with Crippen LogP contribution in [0.25, 0.3) is 11.0 Å². The third-order valence-electron chi connectivity index (χ3n) is 5.01. The van der Waals surface area contributed by atoms with Gasteiger partial charge in [0.05, 0.1) is 23.2 Å². The lowest BCUT2D eigenvalue weighted by molar-refractivity contribution is -0.138. The van der Waals surface area contributed by atoms with Crippen LogP contribution in [0.15, 0.2) is 47.5 Å². The molecule has 0 unspecified atom stereocenters. The van der Waals surface area contributed by atoms with Gasteiger partial charge in [0, 0.05) is 17.8 Å². The molecule has 0 bridgehead atoms. The van der Waals surface area contributed by atoms with E-state index >= 15 is 0 Å². The predicted octanol–water partition coefficient (Wildman–Crippen LogP) is 2.18. The minimum absolute atomic E-state index is 0.0617. The summed E-state index contributed by atoms with van der Waals surface area (Å²) in [4.78, 5) is 44.3. The van der Waals surface area contributed by atoms with Gasteiger partial charge in [-0.05, 0) is 36.4 Å². The van der Waals surface area contributed by atoms with E-state index < -0.39 is 30.2 Å². The van der Waals surface area contributed by atoms with Gasteiger partial charge in [-0.25, -0.2) is 0 Å². The molecule has 0 atom stereocenters. The Hall–Kier alpha value is -3.93. The largest absolute Gasteiger partial charge is 0.480 e. The van der Waals surface area contributed by atoms with Crippen molar-refractivity contribution in [3.8, 4) is 0 Å². The van der Waals surface area contributed by atoms with Gasteiger partial charge >= 0.3 is 12.1 Å². The van der Waals surface area contributed by atoms with Gasteiger partial charge in [0.15, 0.2) is 0 Å². The summed E-state index contributed by atoms with van der Waals surface area (Å²) in [6, 6.07) is 8.58. The second-order valence-electron chi connectivity index (χ2n) is 7.22. The number of nitrogens with zero attached hydrogens (tertiary/aromatic N) is 3. The Morgan fingerprint density at radius 2 is 1.97 bits per heavy atom. The fraction of sp³-hybridized carbons (Fsp3) is 0.238. The number of aromatic nitrogens is 2. The SMILES string of the molecule is O=C(O)Cn1/c(=N/C(=O)c2cccc(C(F)(F)F)c2)[nH]c2cc(N3CCOCC3=O)ccc21. The second kappa shape index (κ2) is 8.54. The van der Waals surface area contributed by atoms with E-state index in [1.807, 2.05) is 0 Å². The van der Waals surface area contributed by atoms with Crippen LogP contribution >= 0.6 is 0 Å². The van der Waals surface area contributed by atoms with Crippen LogP contribution in [0.5, 0.6) is 0 Å². The molecule has 4 rings (SSSR count). The monoisotopic (exact) mass is 462 g/mol. The van der Waals surface area contributed by atoms with Gasteiger partial charge in [0.1, 0.15) is 13.2 Å². The number of imidazole rings is 1. The molecule has 1 fully saturated rings. The normalized spacial score (nSPS) is 15.3. The summed E-state index contributed by atoms with van der Waals surface area (Å²) in [7, 11) is 0. The van der Waals surface area contributed by atoms with E-state index in [2.05, 4.69) is 9.98 Å². The maximum atomic E-state index is 13.0. The quantitative estimate of drug-likeness (QED) is 0.617. The first-order valence-corrected chi connectivity index (χ1v) is 9.72. The summed E-state index contributed by atoms with van der Waals surface area (Å²) in [5, 5.41) is 9.29. The first kappa shape index (κ1) is 22.3. The molecular weight excluding hydrogens is 445 g/mol. The minimum atomic E-state index is -4.63. The number of aliphatic carboxylic acids is 1. The number of hydrogen-bond acceptors (Lipinski definition) is 4. The van der Waals surface area contributed by atoms with Crippen molar-refractivity contribution >= 4 is 34.5 Å². The van der Waals surface area contributed by atoms with Crippen LogP contribution in [0.4, 0.5) is 18.9 Å². The Balaban J connectivity index is 1.78. The number of carboxylic acid groups (broad SMARTS) is 1. The van der Waals surface area contributed by atoms with Gasteiger partial charge in [0.2, 0.25) is 5.62 Å². The highest BCUT2D eigenvalue weighted by molar-refractivity contribution is 5.97. The van der Waals surface area contributed by atoms with Gasteiger partial charge in [-0.2, -0.15) is 18.2 Å². The van der Waals surface area contributed by atoms with Crippen LogP contribution in [0.3, 0.4) is 0 Å². The van der Waals surface area contributed by atoms with Crippen molar-refractivity contribution in [2.45, 2.75) is 12.7 Å². The van der Waals surface area contributed by atoms with Gasteiger partial charge in [-0.3, -0.25) is 19.0 Å². The summed E-state index contributed by atoms with van der Waals surface area (Å²) in [6.45, 7) is 0.0867. The van der Waals surface area contributed by atoms with E-state index in [1.165, 1.54) is 15.5 Å². The standard InChI is InChI=1S/C21H17F3N4O5/c22-21(23,24)13-3-1-2-12(8-13)19(32)26-20-25-15-9-14(27-6-7-33-11-17(27)29)4-5-16(15)28(20)10-18(30)31/h1-5,8-9H,6-7,10-11H2,(H,30,31)(H,25,26,32). The summed E-state index contributed by atoms with van der Waals surface area (Å²) < 4.78 is 45.2. The minimum Gasteiger partial charge on any atom is -0.480 e. The highest BCUT2D eigenvalue weighted by Crippen LogP contribution is 2.29. The van der Waals surface area contributed by atoms with Crippen molar-refractivity contribution in [2.75, 3.05) is 24.7 Å². The molecule has 33 heavy (non-hydrogen) atoms. The molecule has 12 heteroatoms. The van der Waals surface area contributed by atoms with Crippen LogP contribution in [0.1, 0.15) is 15.9 Å². The number of H-pyrrole nitrogens is 1. The molecule has 2 heterocycles. The van der Waals surface area contributed by atoms with Crippen LogP contribution in [0.2, 0.25) is 0 Å². The lowest BCUT2D eigenvalue weighted by Gasteiger charge is -2.26. The highest BCUT2D eigenvalue weighted by Gasteiger charge is 2.31. The molecule has 1 saturated heterocycles. The number of carbonyl (C=O) groups is 3. The van der Waals surface area contributed by atoms with Gasteiger partial charge < -0.3 is 19.7 Å². The number of ether oxygens (including phenoxy) is 1. The zero-order chi connectivity index (χ0) is 23.8. The van der Waals surface area contributed by atoms with Crippen molar-refractivity contribution in [1.29, 1.82) is 0 Å². The highest BCUT2D eigenvalue weighted by atomic mass is 19.4. The maximum absolute atomic E-state index is 13.0. The summed E-state index contributed by atoms with van der Waals surface area (Å²) in [6.07, 6.45) is -4.63. The number of amides is 2. The Labute approximate surface area is 183 Å². The van der Waals surface area contributed by atoms with E-state index in [1.54, 1.807) is 18.2 Å². The zero-order valence-corrected chi connectivity index (χ0v) is 16.9. The third kappa shape index (κ3) is 4.65.